The smallest absolute Gasteiger partial charge is 0.243 e. The van der Waals surface area contributed by atoms with Crippen molar-refractivity contribution in [3.05, 3.63) is 11.7 Å². The van der Waals surface area contributed by atoms with Gasteiger partial charge in [0.2, 0.25) is 5.89 Å². The van der Waals surface area contributed by atoms with E-state index in [1.165, 1.54) is 19.3 Å². The van der Waals surface area contributed by atoms with E-state index in [9.17, 15) is 0 Å². The highest BCUT2D eigenvalue weighted by molar-refractivity contribution is 5.00. The molecule has 3 rings (SSSR count). The lowest BCUT2D eigenvalue weighted by molar-refractivity contribution is 0.192. The van der Waals surface area contributed by atoms with E-state index in [0.717, 1.165) is 44.3 Å². The van der Waals surface area contributed by atoms with Crippen molar-refractivity contribution in [3.8, 4) is 0 Å². The van der Waals surface area contributed by atoms with Crippen LogP contribution in [0.4, 0.5) is 0 Å². The summed E-state index contributed by atoms with van der Waals surface area (Å²) in [4.78, 5) is 4.54. The summed E-state index contributed by atoms with van der Waals surface area (Å²) < 4.78 is 10.7. The van der Waals surface area contributed by atoms with Crippen LogP contribution in [0.5, 0.6) is 0 Å². The lowest BCUT2D eigenvalue weighted by Crippen LogP contribution is -2.20. The fourth-order valence-corrected chi connectivity index (χ4v) is 2.53. The predicted molar refractivity (Wildman–Crippen MR) is 61.7 cm³/mol. The number of rotatable bonds is 2. The maximum atomic E-state index is 5.39. The van der Waals surface area contributed by atoms with Gasteiger partial charge in [-0.15, -0.1) is 0 Å². The van der Waals surface area contributed by atoms with E-state index in [1.54, 1.807) is 0 Å². The molecule has 0 bridgehead atoms. The van der Waals surface area contributed by atoms with Crippen molar-refractivity contribution in [3.63, 3.8) is 0 Å². The van der Waals surface area contributed by atoms with Crippen LogP contribution in [0.1, 0.15) is 55.8 Å². The van der Waals surface area contributed by atoms with Gasteiger partial charge in [-0.3, -0.25) is 0 Å². The molecule has 1 N–H and O–H groups in total. The molecular formula is C12H19N3O2. The second-order valence-corrected chi connectivity index (χ2v) is 4.91. The van der Waals surface area contributed by atoms with Gasteiger partial charge in [0.05, 0.1) is 12.6 Å². The molecule has 0 amide bonds. The largest absolute Gasteiger partial charge is 0.381 e. The molecule has 94 valence electrons. The summed E-state index contributed by atoms with van der Waals surface area (Å²) in [5.74, 6) is 1.91. The Labute approximate surface area is 101 Å². The molecule has 0 radical (unpaired) electrons. The van der Waals surface area contributed by atoms with Gasteiger partial charge in [0, 0.05) is 12.5 Å². The van der Waals surface area contributed by atoms with Crippen molar-refractivity contribution in [2.24, 2.45) is 0 Å². The number of nitrogens with one attached hydrogen (secondary N) is 1. The van der Waals surface area contributed by atoms with E-state index in [4.69, 9.17) is 9.26 Å². The maximum absolute atomic E-state index is 5.39. The molecule has 2 fully saturated rings. The molecule has 3 heterocycles. The Morgan fingerprint density at radius 1 is 1.18 bits per heavy atom. The van der Waals surface area contributed by atoms with Crippen LogP contribution in [0.2, 0.25) is 0 Å². The molecule has 2 atom stereocenters. The Kier molecular flexibility index (Phi) is 3.38. The molecule has 1 aromatic heterocycles. The average Bonchev–Trinajstić information content (AvgIpc) is 2.95. The normalized spacial score (nSPS) is 30.4. The fraction of sp³-hybridized carbons (Fsp3) is 0.833. The molecule has 5 heteroatoms. The van der Waals surface area contributed by atoms with Gasteiger partial charge in [0.15, 0.2) is 5.82 Å². The SMILES string of the molecule is C1CCNC(c2nc(C3CCOC3)no2)CC1. The third-order valence-electron chi connectivity index (χ3n) is 3.61. The Hall–Kier alpha value is -0.940. The first kappa shape index (κ1) is 11.2. The van der Waals surface area contributed by atoms with Crippen molar-refractivity contribution < 1.29 is 9.26 Å². The summed E-state index contributed by atoms with van der Waals surface area (Å²) in [6.45, 7) is 2.60. The highest BCUT2D eigenvalue weighted by Crippen LogP contribution is 2.26. The molecule has 2 aliphatic heterocycles. The number of hydrogen-bond acceptors (Lipinski definition) is 5. The van der Waals surface area contributed by atoms with Crippen LogP contribution < -0.4 is 5.32 Å². The van der Waals surface area contributed by atoms with Gasteiger partial charge in [0.25, 0.3) is 0 Å². The van der Waals surface area contributed by atoms with Crippen LogP contribution in [-0.2, 0) is 4.74 Å². The van der Waals surface area contributed by atoms with Crippen LogP contribution in [0.15, 0.2) is 4.52 Å². The molecule has 5 nitrogen and oxygen atoms in total. The molecule has 0 saturated carbocycles. The third-order valence-corrected chi connectivity index (χ3v) is 3.61. The van der Waals surface area contributed by atoms with Crippen LogP contribution in [-0.4, -0.2) is 29.9 Å². The molecule has 2 saturated heterocycles. The number of ether oxygens (including phenoxy) is 1. The molecule has 0 spiro atoms. The first-order valence-corrected chi connectivity index (χ1v) is 6.58. The van der Waals surface area contributed by atoms with Gasteiger partial charge >= 0.3 is 0 Å². The van der Waals surface area contributed by atoms with E-state index in [1.807, 2.05) is 0 Å². The number of hydrogen-bond donors (Lipinski definition) is 1. The highest BCUT2D eigenvalue weighted by Gasteiger charge is 2.26. The van der Waals surface area contributed by atoms with Crippen LogP contribution >= 0.6 is 0 Å². The summed E-state index contributed by atoms with van der Waals surface area (Å²) in [6.07, 6.45) is 5.89. The Morgan fingerprint density at radius 3 is 3.06 bits per heavy atom. The fourth-order valence-electron chi connectivity index (χ4n) is 2.53. The first-order chi connectivity index (χ1) is 8.43. The van der Waals surface area contributed by atoms with Gasteiger partial charge < -0.3 is 14.6 Å². The molecular weight excluding hydrogens is 218 g/mol. The molecule has 2 aliphatic rings. The molecule has 1 aromatic rings. The standard InChI is InChI=1S/C12H19N3O2/c1-2-4-10(13-6-3-1)12-14-11(15-17-12)9-5-7-16-8-9/h9-10,13H,1-8H2. The summed E-state index contributed by atoms with van der Waals surface area (Å²) in [5.41, 5.74) is 0. The van der Waals surface area contributed by atoms with Gasteiger partial charge in [-0.1, -0.05) is 18.0 Å². The summed E-state index contributed by atoms with van der Waals surface area (Å²) in [6, 6.07) is 0.251. The monoisotopic (exact) mass is 237 g/mol. The van der Waals surface area contributed by atoms with E-state index in [0.29, 0.717) is 5.92 Å². The molecule has 2 unspecified atom stereocenters. The summed E-state index contributed by atoms with van der Waals surface area (Å²) in [7, 11) is 0. The Bertz CT molecular complexity index is 352. The van der Waals surface area contributed by atoms with Crippen LogP contribution in [0.3, 0.4) is 0 Å². The van der Waals surface area contributed by atoms with Crippen molar-refractivity contribution >= 4 is 0 Å². The van der Waals surface area contributed by atoms with Crippen molar-refractivity contribution in [1.29, 1.82) is 0 Å². The van der Waals surface area contributed by atoms with Gasteiger partial charge in [0.1, 0.15) is 0 Å². The predicted octanol–water partition coefficient (Wildman–Crippen LogP) is 1.78. The molecule has 0 aliphatic carbocycles. The molecule has 0 aromatic carbocycles. The zero-order chi connectivity index (χ0) is 11.5. The minimum Gasteiger partial charge on any atom is -0.381 e. The lowest BCUT2D eigenvalue weighted by Gasteiger charge is -2.09. The van der Waals surface area contributed by atoms with Crippen molar-refractivity contribution in [1.82, 2.24) is 15.5 Å². The highest BCUT2D eigenvalue weighted by atomic mass is 16.5. The average molecular weight is 237 g/mol. The Balaban J connectivity index is 1.70. The Morgan fingerprint density at radius 2 is 2.18 bits per heavy atom. The number of nitrogens with zero attached hydrogens (tertiary/aromatic N) is 2. The topological polar surface area (TPSA) is 60.2 Å². The van der Waals surface area contributed by atoms with E-state index >= 15 is 0 Å². The maximum Gasteiger partial charge on any atom is 0.243 e. The van der Waals surface area contributed by atoms with Gasteiger partial charge in [-0.2, -0.15) is 4.98 Å². The van der Waals surface area contributed by atoms with Crippen molar-refractivity contribution in [2.75, 3.05) is 19.8 Å². The van der Waals surface area contributed by atoms with Gasteiger partial charge in [-0.05, 0) is 25.8 Å². The zero-order valence-electron chi connectivity index (χ0n) is 10.0. The second kappa shape index (κ2) is 5.14. The third kappa shape index (κ3) is 2.50. The first-order valence-electron chi connectivity index (χ1n) is 6.58. The minimum atomic E-state index is 0.251. The summed E-state index contributed by atoms with van der Waals surface area (Å²) >= 11 is 0. The van der Waals surface area contributed by atoms with E-state index < -0.39 is 0 Å². The van der Waals surface area contributed by atoms with E-state index in [-0.39, 0.29) is 6.04 Å². The van der Waals surface area contributed by atoms with E-state index in [2.05, 4.69) is 15.5 Å². The van der Waals surface area contributed by atoms with Crippen LogP contribution in [0.25, 0.3) is 0 Å². The van der Waals surface area contributed by atoms with Crippen LogP contribution in [0, 0.1) is 0 Å². The lowest BCUT2D eigenvalue weighted by atomic mass is 10.1. The molecule has 17 heavy (non-hydrogen) atoms. The quantitative estimate of drug-likeness (QED) is 0.849. The van der Waals surface area contributed by atoms with Gasteiger partial charge in [-0.25, -0.2) is 0 Å². The zero-order valence-corrected chi connectivity index (χ0v) is 10.0. The second-order valence-electron chi connectivity index (χ2n) is 4.91. The number of aromatic nitrogens is 2. The summed E-state index contributed by atoms with van der Waals surface area (Å²) in [5, 5.41) is 7.57. The minimum absolute atomic E-state index is 0.251. The van der Waals surface area contributed by atoms with Crippen molar-refractivity contribution in [2.45, 2.75) is 44.1 Å².